The fourth-order valence-corrected chi connectivity index (χ4v) is 1.46. The van der Waals surface area contributed by atoms with E-state index in [1.54, 1.807) is 6.92 Å². The quantitative estimate of drug-likeness (QED) is 0.846. The molecule has 5 heteroatoms. The van der Waals surface area contributed by atoms with Gasteiger partial charge in [0.1, 0.15) is 0 Å². The van der Waals surface area contributed by atoms with Crippen molar-refractivity contribution in [2.45, 2.75) is 25.4 Å². The molecular formula is C10H13F3N2. The highest BCUT2D eigenvalue weighted by Gasteiger charge is 2.34. The van der Waals surface area contributed by atoms with Gasteiger partial charge in [-0.2, -0.15) is 13.2 Å². The van der Waals surface area contributed by atoms with Crippen LogP contribution >= 0.6 is 0 Å². The number of hydrogen-bond donors (Lipinski definition) is 1. The minimum atomic E-state index is -4.32. The summed E-state index contributed by atoms with van der Waals surface area (Å²) >= 11 is 0. The third-order valence-corrected chi connectivity index (χ3v) is 2.29. The third-order valence-electron chi connectivity index (χ3n) is 2.29. The molecule has 0 spiro atoms. The average Bonchev–Trinajstić information content (AvgIpc) is 2.17. The first kappa shape index (κ1) is 12.0. The number of halogens is 3. The molecule has 1 rings (SSSR count). The van der Waals surface area contributed by atoms with E-state index in [1.165, 1.54) is 6.20 Å². The Balaban J connectivity index is 3.06. The van der Waals surface area contributed by atoms with Crippen molar-refractivity contribution in [3.05, 3.63) is 29.6 Å². The van der Waals surface area contributed by atoms with Gasteiger partial charge in [0.15, 0.2) is 0 Å². The van der Waals surface area contributed by atoms with Gasteiger partial charge in [0.05, 0.1) is 5.56 Å². The van der Waals surface area contributed by atoms with Gasteiger partial charge in [-0.05, 0) is 30.5 Å². The lowest BCUT2D eigenvalue weighted by atomic mass is 9.95. The number of nitrogens with zero attached hydrogens (tertiary/aromatic N) is 1. The summed E-state index contributed by atoms with van der Waals surface area (Å²) in [6.07, 6.45) is -1.37. The molecule has 1 aromatic rings. The zero-order chi connectivity index (χ0) is 11.5. The standard InChI is InChI=1S/C10H13F3N2/c1-7(2-4-14)8-6-15-5-3-9(8)10(11,12)13/h3,5-7H,2,4,14H2,1H3. The van der Waals surface area contributed by atoms with Gasteiger partial charge in [-0.1, -0.05) is 6.92 Å². The molecule has 15 heavy (non-hydrogen) atoms. The Bertz CT molecular complexity index is 323. The molecule has 0 amide bonds. The van der Waals surface area contributed by atoms with Crippen molar-refractivity contribution in [1.29, 1.82) is 0 Å². The highest BCUT2D eigenvalue weighted by atomic mass is 19.4. The van der Waals surface area contributed by atoms with Gasteiger partial charge in [-0.3, -0.25) is 4.98 Å². The smallest absolute Gasteiger partial charge is 0.330 e. The van der Waals surface area contributed by atoms with Gasteiger partial charge in [0.2, 0.25) is 0 Å². The van der Waals surface area contributed by atoms with Crippen LogP contribution in [0.5, 0.6) is 0 Å². The first-order valence-electron chi connectivity index (χ1n) is 4.68. The molecule has 0 aromatic carbocycles. The van der Waals surface area contributed by atoms with E-state index in [0.717, 1.165) is 12.3 Å². The molecule has 84 valence electrons. The normalized spacial score (nSPS) is 13.9. The maximum Gasteiger partial charge on any atom is 0.416 e. The largest absolute Gasteiger partial charge is 0.416 e. The number of alkyl halides is 3. The van der Waals surface area contributed by atoms with Gasteiger partial charge in [-0.15, -0.1) is 0 Å². The summed E-state index contributed by atoms with van der Waals surface area (Å²) < 4.78 is 37.8. The third kappa shape index (κ3) is 2.92. The summed E-state index contributed by atoms with van der Waals surface area (Å²) in [7, 11) is 0. The number of hydrogen-bond acceptors (Lipinski definition) is 2. The maximum atomic E-state index is 12.6. The van der Waals surface area contributed by atoms with E-state index in [4.69, 9.17) is 5.73 Å². The van der Waals surface area contributed by atoms with Crippen molar-refractivity contribution in [2.24, 2.45) is 5.73 Å². The molecule has 1 aromatic heterocycles. The van der Waals surface area contributed by atoms with Crippen LogP contribution in [0.25, 0.3) is 0 Å². The summed E-state index contributed by atoms with van der Waals surface area (Å²) in [6.45, 7) is 2.09. The van der Waals surface area contributed by atoms with E-state index in [1.807, 2.05) is 0 Å². The lowest BCUT2D eigenvalue weighted by molar-refractivity contribution is -0.138. The fourth-order valence-electron chi connectivity index (χ4n) is 1.46. The molecule has 0 aliphatic carbocycles. The molecule has 2 N–H and O–H groups in total. The van der Waals surface area contributed by atoms with Crippen LogP contribution < -0.4 is 5.73 Å². The molecule has 1 heterocycles. The molecule has 0 saturated carbocycles. The van der Waals surface area contributed by atoms with Gasteiger partial charge in [0, 0.05) is 12.4 Å². The molecule has 0 aliphatic heterocycles. The Morgan fingerprint density at radius 2 is 2.13 bits per heavy atom. The minimum Gasteiger partial charge on any atom is -0.330 e. The van der Waals surface area contributed by atoms with Crippen LogP contribution in [0.15, 0.2) is 18.5 Å². The second-order valence-corrected chi connectivity index (χ2v) is 3.44. The van der Waals surface area contributed by atoms with E-state index in [2.05, 4.69) is 4.98 Å². The minimum absolute atomic E-state index is 0.218. The molecule has 0 bridgehead atoms. The van der Waals surface area contributed by atoms with Crippen LogP contribution in [-0.2, 0) is 6.18 Å². The van der Waals surface area contributed by atoms with Gasteiger partial charge >= 0.3 is 6.18 Å². The highest BCUT2D eigenvalue weighted by molar-refractivity contribution is 5.29. The van der Waals surface area contributed by atoms with Crippen LogP contribution in [0.2, 0.25) is 0 Å². The van der Waals surface area contributed by atoms with E-state index < -0.39 is 11.7 Å². The molecule has 0 fully saturated rings. The van der Waals surface area contributed by atoms with E-state index in [0.29, 0.717) is 13.0 Å². The predicted molar refractivity (Wildman–Crippen MR) is 51.3 cm³/mol. The van der Waals surface area contributed by atoms with Crippen LogP contribution in [-0.4, -0.2) is 11.5 Å². The van der Waals surface area contributed by atoms with Crippen LogP contribution in [0.3, 0.4) is 0 Å². The molecular weight excluding hydrogens is 205 g/mol. The second-order valence-electron chi connectivity index (χ2n) is 3.44. The monoisotopic (exact) mass is 218 g/mol. The highest BCUT2D eigenvalue weighted by Crippen LogP contribution is 2.35. The Labute approximate surface area is 86.3 Å². The predicted octanol–water partition coefficient (Wildman–Crippen LogP) is 2.55. The number of aromatic nitrogens is 1. The molecule has 0 saturated heterocycles. The van der Waals surface area contributed by atoms with Crippen LogP contribution in [0.4, 0.5) is 13.2 Å². The Morgan fingerprint density at radius 1 is 1.47 bits per heavy atom. The fraction of sp³-hybridized carbons (Fsp3) is 0.500. The zero-order valence-electron chi connectivity index (χ0n) is 8.38. The van der Waals surface area contributed by atoms with Crippen molar-refractivity contribution >= 4 is 0 Å². The Hall–Kier alpha value is -1.10. The summed E-state index contributed by atoms with van der Waals surface area (Å²) in [5, 5.41) is 0. The number of nitrogens with two attached hydrogens (primary N) is 1. The van der Waals surface area contributed by atoms with Crippen molar-refractivity contribution < 1.29 is 13.2 Å². The Kier molecular flexibility index (Phi) is 3.68. The van der Waals surface area contributed by atoms with Gasteiger partial charge < -0.3 is 5.73 Å². The van der Waals surface area contributed by atoms with Gasteiger partial charge in [-0.25, -0.2) is 0 Å². The molecule has 0 aliphatic rings. The van der Waals surface area contributed by atoms with Crippen molar-refractivity contribution in [1.82, 2.24) is 4.98 Å². The topological polar surface area (TPSA) is 38.9 Å². The zero-order valence-corrected chi connectivity index (χ0v) is 8.38. The first-order valence-corrected chi connectivity index (χ1v) is 4.68. The van der Waals surface area contributed by atoms with E-state index >= 15 is 0 Å². The summed E-state index contributed by atoms with van der Waals surface area (Å²) in [6, 6.07) is 1.00. The van der Waals surface area contributed by atoms with Crippen molar-refractivity contribution in [3.63, 3.8) is 0 Å². The SMILES string of the molecule is CC(CCN)c1cnccc1C(F)(F)F. The van der Waals surface area contributed by atoms with Gasteiger partial charge in [0.25, 0.3) is 0 Å². The van der Waals surface area contributed by atoms with Crippen LogP contribution in [0, 0.1) is 0 Å². The summed E-state index contributed by atoms with van der Waals surface area (Å²) in [5.41, 5.74) is 4.93. The maximum absolute atomic E-state index is 12.6. The summed E-state index contributed by atoms with van der Waals surface area (Å²) in [4.78, 5) is 3.72. The van der Waals surface area contributed by atoms with Crippen molar-refractivity contribution in [2.75, 3.05) is 6.54 Å². The van der Waals surface area contributed by atoms with Crippen molar-refractivity contribution in [3.8, 4) is 0 Å². The molecule has 2 nitrogen and oxygen atoms in total. The Morgan fingerprint density at radius 3 is 2.67 bits per heavy atom. The van der Waals surface area contributed by atoms with E-state index in [9.17, 15) is 13.2 Å². The van der Waals surface area contributed by atoms with E-state index in [-0.39, 0.29) is 11.5 Å². The number of rotatable bonds is 3. The lowest BCUT2D eigenvalue weighted by Crippen LogP contribution is -2.13. The molecule has 1 unspecified atom stereocenters. The molecule has 1 atom stereocenters. The van der Waals surface area contributed by atoms with Crippen LogP contribution in [0.1, 0.15) is 30.4 Å². The summed E-state index contributed by atoms with van der Waals surface area (Å²) in [5.74, 6) is -0.222. The lowest BCUT2D eigenvalue weighted by Gasteiger charge is -2.16. The molecule has 0 radical (unpaired) electrons. The second kappa shape index (κ2) is 4.61. The number of pyridine rings is 1. The average molecular weight is 218 g/mol. The first-order chi connectivity index (χ1) is 6.96.